The van der Waals surface area contributed by atoms with Gasteiger partial charge in [-0.1, -0.05) is 13.8 Å². The molecule has 0 saturated heterocycles. The number of anilines is 1. The largest absolute Gasteiger partial charge is 0.432 e. The third kappa shape index (κ3) is 1.76. The summed E-state index contributed by atoms with van der Waals surface area (Å²) < 4.78 is 4.83. The number of nitrogens with two attached hydrogens (primary N) is 1. The van der Waals surface area contributed by atoms with Crippen molar-refractivity contribution in [3.05, 3.63) is 12.0 Å². The lowest BCUT2D eigenvalue weighted by atomic mass is 10.1. The van der Waals surface area contributed by atoms with Crippen LogP contribution in [0.25, 0.3) is 0 Å². The molecule has 0 saturated carbocycles. The van der Waals surface area contributed by atoms with Gasteiger partial charge in [0.25, 0.3) is 6.01 Å². The fourth-order valence-corrected chi connectivity index (χ4v) is 0.835. The van der Waals surface area contributed by atoms with Crippen molar-refractivity contribution in [2.24, 2.45) is 5.92 Å². The molecular formula is C7H12N2O. The summed E-state index contributed by atoms with van der Waals surface area (Å²) in [7, 11) is 0. The summed E-state index contributed by atoms with van der Waals surface area (Å²) in [5.74, 6) is 0.601. The Hall–Kier alpha value is -0.990. The number of nitrogens with zero attached hydrogens (tertiary/aromatic N) is 1. The second-order valence-electron chi connectivity index (χ2n) is 2.78. The van der Waals surface area contributed by atoms with Gasteiger partial charge in [0.2, 0.25) is 0 Å². The third-order valence-electron chi connectivity index (χ3n) is 1.19. The van der Waals surface area contributed by atoms with E-state index in [1.165, 1.54) is 0 Å². The Morgan fingerprint density at radius 2 is 2.40 bits per heavy atom. The standard InChI is InChI=1S/C7H12N2O/c1-5(2)3-6-4-10-7(8)9-6/h4-5H,3H2,1-2H3,(H2,8,9). The minimum Gasteiger partial charge on any atom is -0.432 e. The molecule has 0 aromatic carbocycles. The van der Waals surface area contributed by atoms with Crippen molar-refractivity contribution >= 4 is 6.01 Å². The summed E-state index contributed by atoms with van der Waals surface area (Å²) in [4.78, 5) is 3.96. The molecule has 56 valence electrons. The molecule has 0 aliphatic rings. The van der Waals surface area contributed by atoms with Crippen LogP contribution in [0.4, 0.5) is 6.01 Å². The zero-order valence-corrected chi connectivity index (χ0v) is 6.29. The van der Waals surface area contributed by atoms with Crippen LogP contribution in [-0.4, -0.2) is 4.98 Å². The zero-order valence-electron chi connectivity index (χ0n) is 6.29. The summed E-state index contributed by atoms with van der Waals surface area (Å²) in [6, 6.07) is 0.260. The van der Waals surface area contributed by atoms with E-state index in [4.69, 9.17) is 10.2 Å². The number of rotatable bonds is 2. The molecule has 0 fully saturated rings. The smallest absolute Gasteiger partial charge is 0.292 e. The van der Waals surface area contributed by atoms with Crippen LogP contribution in [0, 0.1) is 5.92 Å². The molecule has 0 spiro atoms. The lowest BCUT2D eigenvalue weighted by Gasteiger charge is -1.96. The minimum atomic E-state index is 0.260. The number of nitrogen functional groups attached to an aromatic ring is 1. The highest BCUT2D eigenvalue weighted by Gasteiger charge is 2.01. The number of hydrogen-bond acceptors (Lipinski definition) is 3. The van der Waals surface area contributed by atoms with Crippen molar-refractivity contribution in [3.63, 3.8) is 0 Å². The predicted molar refractivity (Wildman–Crippen MR) is 39.5 cm³/mol. The first-order chi connectivity index (χ1) is 4.68. The third-order valence-corrected chi connectivity index (χ3v) is 1.19. The quantitative estimate of drug-likeness (QED) is 0.676. The van der Waals surface area contributed by atoms with Gasteiger partial charge in [0.15, 0.2) is 0 Å². The van der Waals surface area contributed by atoms with E-state index in [9.17, 15) is 0 Å². The molecule has 2 N–H and O–H groups in total. The maximum atomic E-state index is 5.28. The maximum absolute atomic E-state index is 5.28. The van der Waals surface area contributed by atoms with E-state index in [1.807, 2.05) is 0 Å². The average Bonchev–Trinajstić information content (AvgIpc) is 2.13. The molecule has 1 rings (SSSR count). The highest BCUT2D eigenvalue weighted by molar-refractivity contribution is 5.12. The Labute approximate surface area is 60.2 Å². The van der Waals surface area contributed by atoms with Crippen molar-refractivity contribution in [1.82, 2.24) is 4.98 Å². The molecule has 1 heterocycles. The number of hydrogen-bond donors (Lipinski definition) is 1. The molecule has 3 heteroatoms. The molecule has 1 aromatic heterocycles. The van der Waals surface area contributed by atoms with E-state index < -0.39 is 0 Å². The molecule has 0 bridgehead atoms. The van der Waals surface area contributed by atoms with Gasteiger partial charge in [0.05, 0.1) is 5.69 Å². The van der Waals surface area contributed by atoms with Gasteiger partial charge in [-0.2, -0.15) is 4.98 Å². The summed E-state index contributed by atoms with van der Waals surface area (Å²) in [6.45, 7) is 4.26. The molecule has 10 heavy (non-hydrogen) atoms. The van der Waals surface area contributed by atoms with Crippen LogP contribution < -0.4 is 5.73 Å². The predicted octanol–water partition coefficient (Wildman–Crippen LogP) is 1.46. The average molecular weight is 140 g/mol. The Morgan fingerprint density at radius 3 is 2.80 bits per heavy atom. The van der Waals surface area contributed by atoms with E-state index in [0.29, 0.717) is 5.92 Å². The number of aromatic nitrogens is 1. The van der Waals surface area contributed by atoms with Crippen LogP contribution in [-0.2, 0) is 6.42 Å². The lowest BCUT2D eigenvalue weighted by molar-refractivity contribution is 0.572. The summed E-state index contributed by atoms with van der Waals surface area (Å²) in [5, 5.41) is 0. The molecule has 3 nitrogen and oxygen atoms in total. The number of oxazole rings is 1. The molecule has 0 unspecified atom stereocenters. The van der Waals surface area contributed by atoms with Gasteiger partial charge in [-0.3, -0.25) is 0 Å². The van der Waals surface area contributed by atoms with E-state index in [0.717, 1.165) is 12.1 Å². The first kappa shape index (κ1) is 7.12. The van der Waals surface area contributed by atoms with Crippen molar-refractivity contribution in [3.8, 4) is 0 Å². The van der Waals surface area contributed by atoms with Gasteiger partial charge in [-0.15, -0.1) is 0 Å². The van der Waals surface area contributed by atoms with E-state index in [2.05, 4.69) is 18.8 Å². The molecule has 0 aliphatic heterocycles. The fourth-order valence-electron chi connectivity index (χ4n) is 0.835. The van der Waals surface area contributed by atoms with Gasteiger partial charge < -0.3 is 10.2 Å². The summed E-state index contributed by atoms with van der Waals surface area (Å²) >= 11 is 0. The van der Waals surface area contributed by atoms with Gasteiger partial charge in [0, 0.05) is 0 Å². The maximum Gasteiger partial charge on any atom is 0.292 e. The van der Waals surface area contributed by atoms with Crippen molar-refractivity contribution in [1.29, 1.82) is 0 Å². The molecule has 1 aromatic rings. The highest BCUT2D eigenvalue weighted by Crippen LogP contribution is 2.08. The van der Waals surface area contributed by atoms with E-state index in [-0.39, 0.29) is 6.01 Å². The van der Waals surface area contributed by atoms with Gasteiger partial charge in [-0.25, -0.2) is 0 Å². The van der Waals surface area contributed by atoms with Crippen LogP contribution >= 0.6 is 0 Å². The molecule has 0 radical (unpaired) electrons. The minimum absolute atomic E-state index is 0.260. The molecular weight excluding hydrogens is 128 g/mol. The highest BCUT2D eigenvalue weighted by atomic mass is 16.4. The SMILES string of the molecule is CC(C)Cc1coc(N)n1. The van der Waals surface area contributed by atoms with Crippen LogP contribution in [0.15, 0.2) is 10.7 Å². The Balaban J connectivity index is 2.58. The lowest BCUT2D eigenvalue weighted by Crippen LogP contribution is -1.94. The second-order valence-corrected chi connectivity index (χ2v) is 2.78. The van der Waals surface area contributed by atoms with Gasteiger partial charge in [-0.05, 0) is 12.3 Å². The zero-order chi connectivity index (χ0) is 7.56. The van der Waals surface area contributed by atoms with Crippen LogP contribution in [0.1, 0.15) is 19.5 Å². The Morgan fingerprint density at radius 1 is 1.70 bits per heavy atom. The van der Waals surface area contributed by atoms with Crippen molar-refractivity contribution in [2.45, 2.75) is 20.3 Å². The summed E-state index contributed by atoms with van der Waals surface area (Å²) in [5.41, 5.74) is 6.21. The second kappa shape index (κ2) is 2.73. The van der Waals surface area contributed by atoms with E-state index in [1.54, 1.807) is 6.26 Å². The van der Waals surface area contributed by atoms with Crippen LogP contribution in [0.5, 0.6) is 0 Å². The molecule has 0 aliphatic carbocycles. The first-order valence-corrected chi connectivity index (χ1v) is 3.38. The normalized spacial score (nSPS) is 10.7. The molecule has 0 atom stereocenters. The van der Waals surface area contributed by atoms with Crippen molar-refractivity contribution < 1.29 is 4.42 Å². The molecule has 0 amide bonds. The first-order valence-electron chi connectivity index (χ1n) is 3.38. The Bertz CT molecular complexity index is 205. The van der Waals surface area contributed by atoms with Crippen LogP contribution in [0.2, 0.25) is 0 Å². The van der Waals surface area contributed by atoms with E-state index >= 15 is 0 Å². The van der Waals surface area contributed by atoms with Gasteiger partial charge >= 0.3 is 0 Å². The fraction of sp³-hybridized carbons (Fsp3) is 0.571. The summed E-state index contributed by atoms with van der Waals surface area (Å²) in [6.07, 6.45) is 2.54. The van der Waals surface area contributed by atoms with Gasteiger partial charge in [0.1, 0.15) is 6.26 Å². The van der Waals surface area contributed by atoms with Crippen molar-refractivity contribution in [2.75, 3.05) is 5.73 Å². The Kier molecular flexibility index (Phi) is 1.94. The monoisotopic (exact) mass is 140 g/mol. The van der Waals surface area contributed by atoms with Crippen LogP contribution in [0.3, 0.4) is 0 Å². The topological polar surface area (TPSA) is 52.0 Å².